The van der Waals surface area contributed by atoms with Gasteiger partial charge >= 0.3 is 18.3 Å². The fourth-order valence-electron chi connectivity index (χ4n) is 1.93. The molecule has 0 unspecified atom stereocenters. The lowest BCUT2D eigenvalue weighted by atomic mass is 10.0. The van der Waals surface area contributed by atoms with E-state index in [-0.39, 0.29) is 12.7 Å². The minimum absolute atomic E-state index is 0.0589. The van der Waals surface area contributed by atoms with E-state index >= 15 is 0 Å². The highest BCUT2D eigenvalue weighted by Gasteiger charge is 2.37. The van der Waals surface area contributed by atoms with Crippen LogP contribution >= 0.6 is 0 Å². The number of ether oxygens (including phenoxy) is 1. The number of hydrogen-bond acceptors (Lipinski definition) is 4. The van der Waals surface area contributed by atoms with Gasteiger partial charge in [-0.3, -0.25) is 4.79 Å². The Morgan fingerprint density at radius 1 is 1.04 bits per heavy atom. The Morgan fingerprint density at radius 3 is 1.88 bits per heavy atom. The summed E-state index contributed by atoms with van der Waals surface area (Å²) in [5.74, 6) is -2.16. The first kappa shape index (κ1) is 22.2. The molecule has 0 radical (unpaired) electrons. The molecule has 0 bridgehead atoms. The van der Waals surface area contributed by atoms with Gasteiger partial charge in [-0.25, -0.2) is 12.7 Å². The van der Waals surface area contributed by atoms with Crippen LogP contribution in [0.15, 0.2) is 18.2 Å². The maximum atomic E-state index is 12.8. The number of sulfonamides is 1. The second-order valence-electron chi connectivity index (χ2n) is 5.23. The van der Waals surface area contributed by atoms with Crippen molar-refractivity contribution in [3.8, 4) is 0 Å². The number of esters is 1. The molecule has 1 aromatic carbocycles. The van der Waals surface area contributed by atoms with E-state index in [2.05, 4.69) is 4.74 Å². The largest absolute Gasteiger partial charge is 0.465 e. The molecule has 5 nitrogen and oxygen atoms in total. The number of hydrogen-bond donors (Lipinski definition) is 0. The van der Waals surface area contributed by atoms with E-state index in [1.54, 1.807) is 0 Å². The molecule has 0 amide bonds. The van der Waals surface area contributed by atoms with Crippen molar-refractivity contribution in [2.75, 3.05) is 19.4 Å². The van der Waals surface area contributed by atoms with Crippen molar-refractivity contribution in [1.29, 1.82) is 0 Å². The Morgan fingerprint density at radius 2 is 1.50 bits per heavy atom. The third-order valence-electron chi connectivity index (χ3n) is 3.13. The highest BCUT2D eigenvalue weighted by Crippen LogP contribution is 2.36. The fraction of sp³-hybridized carbons (Fsp3) is 0.500. The standard InChI is InChI=1S/C14H15F6NO4S/c1-3-25-12(22)8-26(23,24)21(2)7-9-4-10(13(15,16)17)6-11(5-9)14(18,19)20/h4-6H,3,7-8H2,1-2H3. The summed E-state index contributed by atoms with van der Waals surface area (Å²) < 4.78 is 106. The average molecular weight is 407 g/mol. The summed E-state index contributed by atoms with van der Waals surface area (Å²) in [4.78, 5) is 11.3. The van der Waals surface area contributed by atoms with Gasteiger partial charge in [-0.2, -0.15) is 26.3 Å². The second kappa shape index (κ2) is 7.82. The first-order valence-electron chi connectivity index (χ1n) is 7.05. The van der Waals surface area contributed by atoms with Crippen LogP contribution in [0.5, 0.6) is 0 Å². The second-order valence-corrected chi connectivity index (χ2v) is 7.31. The number of carbonyl (C=O) groups excluding carboxylic acids is 1. The Kier molecular flexibility index (Phi) is 6.69. The van der Waals surface area contributed by atoms with Crippen molar-refractivity contribution >= 4 is 16.0 Å². The van der Waals surface area contributed by atoms with Gasteiger partial charge in [0, 0.05) is 13.6 Å². The number of halogens is 6. The van der Waals surface area contributed by atoms with Gasteiger partial charge in [0.1, 0.15) is 0 Å². The zero-order valence-corrected chi connectivity index (χ0v) is 14.4. The van der Waals surface area contributed by atoms with Crippen molar-refractivity contribution in [3.05, 3.63) is 34.9 Å². The van der Waals surface area contributed by atoms with Gasteiger partial charge < -0.3 is 4.74 Å². The monoisotopic (exact) mass is 407 g/mol. The van der Waals surface area contributed by atoms with Crippen molar-refractivity contribution in [1.82, 2.24) is 4.31 Å². The van der Waals surface area contributed by atoms with Gasteiger partial charge in [-0.15, -0.1) is 0 Å². The predicted octanol–water partition coefficient (Wildman–Crippen LogP) is 3.05. The summed E-state index contributed by atoms with van der Waals surface area (Å²) in [5.41, 5.74) is -3.64. The Bertz CT molecular complexity index is 725. The van der Waals surface area contributed by atoms with Gasteiger partial charge in [0.15, 0.2) is 5.75 Å². The molecule has 0 saturated heterocycles. The molecule has 148 valence electrons. The number of carbonyl (C=O) groups is 1. The molecule has 1 aromatic rings. The van der Waals surface area contributed by atoms with Gasteiger partial charge in [0.2, 0.25) is 10.0 Å². The van der Waals surface area contributed by atoms with Crippen LogP contribution in [0.4, 0.5) is 26.3 Å². The lowest BCUT2D eigenvalue weighted by Crippen LogP contribution is -2.32. The number of alkyl halides is 6. The fourth-order valence-corrected chi connectivity index (χ4v) is 2.88. The van der Waals surface area contributed by atoms with E-state index in [0.29, 0.717) is 16.4 Å². The van der Waals surface area contributed by atoms with Gasteiger partial charge in [0.25, 0.3) is 0 Å². The zero-order valence-electron chi connectivity index (χ0n) is 13.6. The molecule has 0 aliphatic carbocycles. The van der Waals surface area contributed by atoms with Crippen LogP contribution in [0.1, 0.15) is 23.6 Å². The molecule has 0 spiro atoms. The first-order chi connectivity index (χ1) is 11.7. The van der Waals surface area contributed by atoms with E-state index in [4.69, 9.17) is 0 Å². The summed E-state index contributed by atoms with van der Waals surface area (Å²) in [6.07, 6.45) is -10.1. The van der Waals surface area contributed by atoms with Crippen LogP contribution in [-0.2, 0) is 38.5 Å². The maximum Gasteiger partial charge on any atom is 0.416 e. The topological polar surface area (TPSA) is 63.7 Å². The van der Waals surface area contributed by atoms with Crippen molar-refractivity contribution < 1.29 is 44.3 Å². The van der Waals surface area contributed by atoms with Crippen LogP contribution in [0.2, 0.25) is 0 Å². The molecule has 0 aliphatic rings. The molecule has 0 heterocycles. The molecule has 0 atom stereocenters. The SMILES string of the molecule is CCOC(=O)CS(=O)(=O)N(C)Cc1cc(C(F)(F)F)cc(C(F)(F)F)c1. The Labute approximate surface area is 145 Å². The maximum absolute atomic E-state index is 12.8. The molecule has 0 aliphatic heterocycles. The molecule has 12 heteroatoms. The van der Waals surface area contributed by atoms with Gasteiger partial charge in [-0.05, 0) is 30.7 Å². The van der Waals surface area contributed by atoms with E-state index in [9.17, 15) is 39.6 Å². The van der Waals surface area contributed by atoms with Crippen molar-refractivity contribution in [2.45, 2.75) is 25.8 Å². The number of rotatable bonds is 6. The predicted molar refractivity (Wildman–Crippen MR) is 78.3 cm³/mol. The molecular formula is C14H15F6NO4S. The van der Waals surface area contributed by atoms with E-state index < -0.39 is 57.3 Å². The summed E-state index contributed by atoms with van der Waals surface area (Å²) in [5, 5.41) is 0. The lowest BCUT2D eigenvalue weighted by Gasteiger charge is -2.19. The highest BCUT2D eigenvalue weighted by atomic mass is 32.2. The van der Waals surface area contributed by atoms with Crippen LogP contribution in [-0.4, -0.2) is 38.1 Å². The van der Waals surface area contributed by atoms with Crippen LogP contribution < -0.4 is 0 Å². The normalized spacial score (nSPS) is 13.1. The first-order valence-corrected chi connectivity index (χ1v) is 8.65. The molecule has 0 N–H and O–H groups in total. The molecule has 0 fully saturated rings. The third-order valence-corrected chi connectivity index (χ3v) is 4.81. The quantitative estimate of drug-likeness (QED) is 0.537. The smallest absolute Gasteiger partial charge is 0.416 e. The minimum Gasteiger partial charge on any atom is -0.465 e. The number of nitrogens with zero attached hydrogens (tertiary/aromatic N) is 1. The summed E-state index contributed by atoms with van der Waals surface area (Å²) >= 11 is 0. The summed E-state index contributed by atoms with van der Waals surface area (Å²) in [6.45, 7) is 0.574. The molecule has 0 aromatic heterocycles. The minimum atomic E-state index is -5.04. The summed E-state index contributed by atoms with van der Waals surface area (Å²) in [7, 11) is -3.35. The molecule has 1 rings (SSSR count). The van der Waals surface area contributed by atoms with Crippen molar-refractivity contribution in [2.24, 2.45) is 0 Å². The van der Waals surface area contributed by atoms with Crippen molar-refractivity contribution in [3.63, 3.8) is 0 Å². The molecule has 0 saturated carbocycles. The van der Waals surface area contributed by atoms with E-state index in [1.165, 1.54) is 6.92 Å². The average Bonchev–Trinajstić information content (AvgIpc) is 2.44. The van der Waals surface area contributed by atoms with Crippen LogP contribution in [0, 0.1) is 0 Å². The summed E-state index contributed by atoms with van der Waals surface area (Å²) in [6, 6.07) is 0.786. The number of benzene rings is 1. The lowest BCUT2D eigenvalue weighted by molar-refractivity contribution is -0.143. The Balaban J connectivity index is 3.17. The highest BCUT2D eigenvalue weighted by molar-refractivity contribution is 7.89. The van der Waals surface area contributed by atoms with Gasteiger partial charge in [-0.1, -0.05) is 0 Å². The third kappa shape index (κ3) is 6.16. The Hall–Kier alpha value is -1.82. The molecular weight excluding hydrogens is 392 g/mol. The van der Waals surface area contributed by atoms with E-state index in [0.717, 1.165) is 7.05 Å². The molecule has 26 heavy (non-hydrogen) atoms. The van der Waals surface area contributed by atoms with Gasteiger partial charge in [0.05, 0.1) is 17.7 Å². The van der Waals surface area contributed by atoms with E-state index in [1.807, 2.05) is 0 Å². The van der Waals surface area contributed by atoms with Crippen LogP contribution in [0.3, 0.4) is 0 Å². The van der Waals surface area contributed by atoms with Crippen LogP contribution in [0.25, 0.3) is 0 Å². The zero-order chi connectivity index (χ0) is 20.3.